The van der Waals surface area contributed by atoms with Crippen molar-refractivity contribution in [2.75, 3.05) is 23.9 Å². The van der Waals surface area contributed by atoms with Gasteiger partial charge in [-0.15, -0.1) is 0 Å². The molecule has 1 heterocycles. The largest absolute Gasteiger partial charge is 0.349 e. The van der Waals surface area contributed by atoms with Crippen molar-refractivity contribution in [3.63, 3.8) is 0 Å². The van der Waals surface area contributed by atoms with Crippen LogP contribution in [0.3, 0.4) is 0 Å². The fourth-order valence-electron chi connectivity index (χ4n) is 1.87. The molecule has 0 amide bonds. The van der Waals surface area contributed by atoms with Gasteiger partial charge >= 0.3 is 0 Å². The summed E-state index contributed by atoms with van der Waals surface area (Å²) < 4.78 is 10.1. The number of hydrogen-bond acceptors (Lipinski definition) is 6. The molecule has 0 spiro atoms. The second-order valence-electron chi connectivity index (χ2n) is 6.17. The molecule has 0 unspecified atom stereocenters. The van der Waals surface area contributed by atoms with Gasteiger partial charge in [0.1, 0.15) is 18.4 Å². The maximum atomic E-state index is 10.5. The molecule has 0 aromatic heterocycles. The number of alkyl halides is 3. The minimum absolute atomic E-state index is 0.0139. The Kier molecular flexibility index (Phi) is 19.4. The fraction of sp³-hybridized carbons (Fsp3) is 0.304. The predicted molar refractivity (Wildman–Crippen MR) is 140 cm³/mol. The molecular weight excluding hydrogens is 647 g/mol. The summed E-state index contributed by atoms with van der Waals surface area (Å²) in [5, 5.41) is 1.59. The summed E-state index contributed by atoms with van der Waals surface area (Å²) in [6.45, 7) is 3.03. The molecule has 0 aliphatic carbocycles. The van der Waals surface area contributed by atoms with Crippen molar-refractivity contribution in [3.05, 3.63) is 70.8 Å². The van der Waals surface area contributed by atoms with E-state index in [1.807, 2.05) is 24.3 Å². The van der Waals surface area contributed by atoms with E-state index in [9.17, 15) is 19.2 Å². The lowest BCUT2D eigenvalue weighted by Crippen LogP contribution is -2.07. The summed E-state index contributed by atoms with van der Waals surface area (Å²) in [5.41, 5.74) is 2.85. The van der Waals surface area contributed by atoms with Gasteiger partial charge in [0.2, 0.25) is 0 Å². The van der Waals surface area contributed by atoms with E-state index in [1.165, 1.54) is 24.6 Å². The SMILES string of the molecule is BrCC1OCCO1.CC(=O)CBr.O=Cc1ccc(C(=O)Cl)cc1.O=Cc1ccc(CBr)cc1. The molecular formula is C23H24Br3ClO6. The number of halogens is 4. The van der Waals surface area contributed by atoms with E-state index < -0.39 is 5.24 Å². The zero-order valence-electron chi connectivity index (χ0n) is 17.8. The second kappa shape index (κ2) is 20.2. The number of rotatable bonds is 6. The Labute approximate surface area is 223 Å². The van der Waals surface area contributed by atoms with Gasteiger partial charge in [0.25, 0.3) is 5.24 Å². The summed E-state index contributed by atoms with van der Waals surface area (Å²) in [5.74, 6) is 0.171. The minimum Gasteiger partial charge on any atom is -0.349 e. The summed E-state index contributed by atoms with van der Waals surface area (Å²) in [4.78, 5) is 40.7. The third-order valence-corrected chi connectivity index (χ3v) is 5.73. The van der Waals surface area contributed by atoms with Crippen molar-refractivity contribution < 1.29 is 28.7 Å². The average Bonchev–Trinajstić information content (AvgIpc) is 3.39. The van der Waals surface area contributed by atoms with Crippen LogP contribution >= 0.6 is 59.4 Å². The molecule has 6 nitrogen and oxygen atoms in total. The zero-order chi connectivity index (χ0) is 25.1. The zero-order valence-corrected chi connectivity index (χ0v) is 23.4. The van der Waals surface area contributed by atoms with Crippen LogP contribution in [-0.2, 0) is 19.6 Å². The van der Waals surface area contributed by atoms with Crippen molar-refractivity contribution >= 4 is 83.0 Å². The van der Waals surface area contributed by atoms with E-state index in [1.54, 1.807) is 12.1 Å². The van der Waals surface area contributed by atoms with Crippen LogP contribution in [0, 0.1) is 0 Å². The summed E-state index contributed by atoms with van der Waals surface area (Å²) in [6, 6.07) is 13.6. The van der Waals surface area contributed by atoms with E-state index in [0.717, 1.165) is 35.7 Å². The molecule has 0 radical (unpaired) electrons. The molecule has 10 heteroatoms. The number of carbonyl (C=O) groups is 4. The second-order valence-corrected chi connectivity index (χ2v) is 8.28. The molecule has 0 bridgehead atoms. The molecule has 0 atom stereocenters. The lowest BCUT2D eigenvalue weighted by molar-refractivity contribution is -0.114. The highest BCUT2D eigenvalue weighted by atomic mass is 79.9. The molecule has 2 aromatic rings. The quantitative estimate of drug-likeness (QED) is 0.213. The van der Waals surface area contributed by atoms with Gasteiger partial charge in [-0.2, -0.15) is 0 Å². The molecule has 33 heavy (non-hydrogen) atoms. The number of ketones is 1. The van der Waals surface area contributed by atoms with Gasteiger partial charge in [-0.1, -0.05) is 84.2 Å². The van der Waals surface area contributed by atoms with Crippen LogP contribution < -0.4 is 0 Å². The minimum atomic E-state index is -0.512. The molecule has 2 aromatic carbocycles. The van der Waals surface area contributed by atoms with Crippen molar-refractivity contribution in [2.45, 2.75) is 18.5 Å². The van der Waals surface area contributed by atoms with Gasteiger partial charge in [-0.3, -0.25) is 19.2 Å². The van der Waals surface area contributed by atoms with Crippen LogP contribution in [-0.4, -0.2) is 53.8 Å². The van der Waals surface area contributed by atoms with Gasteiger partial charge in [0.05, 0.1) is 23.9 Å². The maximum Gasteiger partial charge on any atom is 0.252 e. The van der Waals surface area contributed by atoms with Gasteiger partial charge < -0.3 is 9.47 Å². The Morgan fingerprint density at radius 3 is 1.61 bits per heavy atom. The number of hydrogen-bond donors (Lipinski definition) is 0. The van der Waals surface area contributed by atoms with Crippen molar-refractivity contribution in [3.8, 4) is 0 Å². The molecule has 3 rings (SSSR count). The van der Waals surface area contributed by atoms with E-state index >= 15 is 0 Å². The van der Waals surface area contributed by atoms with E-state index in [4.69, 9.17) is 21.1 Å². The van der Waals surface area contributed by atoms with Crippen LogP contribution in [0.1, 0.15) is 43.6 Å². The lowest BCUT2D eigenvalue weighted by atomic mass is 10.2. The first-order valence-electron chi connectivity index (χ1n) is 9.50. The van der Waals surface area contributed by atoms with Crippen LogP contribution in [0.25, 0.3) is 0 Å². The molecule has 1 aliphatic heterocycles. The van der Waals surface area contributed by atoms with Crippen molar-refractivity contribution in [2.24, 2.45) is 0 Å². The predicted octanol–water partition coefficient (Wildman–Crippen LogP) is 6.00. The van der Waals surface area contributed by atoms with Crippen LogP contribution in [0.15, 0.2) is 48.5 Å². The first kappa shape index (κ1) is 31.8. The summed E-state index contributed by atoms with van der Waals surface area (Å²) in [6.07, 6.45) is 1.57. The van der Waals surface area contributed by atoms with Gasteiger partial charge in [-0.25, -0.2) is 0 Å². The monoisotopic (exact) mass is 668 g/mol. The molecule has 0 N–H and O–H groups in total. The Morgan fingerprint density at radius 2 is 1.33 bits per heavy atom. The van der Waals surface area contributed by atoms with E-state index in [2.05, 4.69) is 47.8 Å². The van der Waals surface area contributed by atoms with Crippen molar-refractivity contribution in [1.29, 1.82) is 0 Å². The number of benzene rings is 2. The Hall–Kier alpha value is -1.23. The molecule has 180 valence electrons. The van der Waals surface area contributed by atoms with Gasteiger partial charge in [0, 0.05) is 22.0 Å². The van der Waals surface area contributed by atoms with Crippen LogP contribution in [0.2, 0.25) is 0 Å². The standard InChI is InChI=1S/C8H7BrO.C8H5ClO2.C4H7BrO2.C3H5BrO/c9-5-7-1-3-8(6-10)4-2-7;9-8(11)7-3-1-6(5-10)2-4-7;5-3-4-6-1-2-7-4;1-3(5)2-4/h1-4,6H,5H2;1-5H;4H,1-3H2;2H2,1H3. The average molecular weight is 672 g/mol. The number of carbonyl (C=O) groups excluding carboxylic acids is 4. The van der Waals surface area contributed by atoms with Crippen LogP contribution in [0.5, 0.6) is 0 Å². The maximum absolute atomic E-state index is 10.5. The third-order valence-electron chi connectivity index (χ3n) is 3.55. The highest BCUT2D eigenvalue weighted by molar-refractivity contribution is 9.09. The van der Waals surface area contributed by atoms with E-state index in [0.29, 0.717) is 22.7 Å². The summed E-state index contributed by atoms with van der Waals surface area (Å²) >= 11 is 14.7. The Balaban J connectivity index is 0.000000431. The number of Topliss-reactive ketones (excluding diaryl/α,β-unsaturated/α-hetero) is 1. The van der Waals surface area contributed by atoms with Gasteiger partial charge in [-0.05, 0) is 36.2 Å². The Morgan fingerprint density at radius 1 is 0.909 bits per heavy atom. The first-order valence-corrected chi connectivity index (χ1v) is 13.2. The first-order chi connectivity index (χ1) is 15.8. The Bertz CT molecular complexity index is 838. The molecule has 1 aliphatic rings. The van der Waals surface area contributed by atoms with Gasteiger partial charge in [0.15, 0.2) is 6.29 Å². The smallest absolute Gasteiger partial charge is 0.252 e. The lowest BCUT2D eigenvalue weighted by Gasteiger charge is -2.00. The normalized spacial score (nSPS) is 12.0. The molecule has 0 saturated carbocycles. The number of aldehydes is 2. The van der Waals surface area contributed by atoms with Crippen LogP contribution in [0.4, 0.5) is 0 Å². The highest BCUT2D eigenvalue weighted by Gasteiger charge is 2.12. The molecule has 1 fully saturated rings. The number of ether oxygens (including phenoxy) is 2. The third kappa shape index (κ3) is 16.1. The highest BCUT2D eigenvalue weighted by Crippen LogP contribution is 2.06. The summed E-state index contributed by atoms with van der Waals surface area (Å²) in [7, 11) is 0. The van der Waals surface area contributed by atoms with Crippen molar-refractivity contribution in [1.82, 2.24) is 0 Å². The topological polar surface area (TPSA) is 86.7 Å². The van der Waals surface area contributed by atoms with E-state index in [-0.39, 0.29) is 12.1 Å². The molecule has 1 saturated heterocycles. The fourth-order valence-corrected chi connectivity index (χ4v) is 2.75.